The number of urea groups is 1. The Labute approximate surface area is 131 Å². The Kier molecular flexibility index (Phi) is 4.30. The topological polar surface area (TPSA) is 78.9 Å². The van der Waals surface area contributed by atoms with Crippen LogP contribution in [0.4, 0.5) is 4.79 Å². The van der Waals surface area contributed by atoms with E-state index in [-0.39, 0.29) is 18.1 Å². The summed E-state index contributed by atoms with van der Waals surface area (Å²) in [6, 6.07) is -0.114. The summed E-state index contributed by atoms with van der Waals surface area (Å²) in [6.07, 6.45) is 6.11. The first kappa shape index (κ1) is 15.6. The lowest BCUT2D eigenvalue weighted by Crippen LogP contribution is -2.43. The number of fused-ring (bicyclic) bond motifs is 1. The molecule has 2 saturated carbocycles. The van der Waals surface area contributed by atoms with Crippen LogP contribution in [0.3, 0.4) is 0 Å². The average Bonchev–Trinajstić information content (AvgIpc) is 3.17. The van der Waals surface area contributed by atoms with E-state index in [9.17, 15) is 14.7 Å². The van der Waals surface area contributed by atoms with Gasteiger partial charge in [-0.05, 0) is 31.6 Å². The molecular formula is C16H26N2O4. The van der Waals surface area contributed by atoms with E-state index in [1.165, 1.54) is 0 Å². The predicted octanol–water partition coefficient (Wildman–Crippen LogP) is 1.70. The maximum Gasteiger partial charge on any atom is 0.317 e. The van der Waals surface area contributed by atoms with Gasteiger partial charge in [-0.15, -0.1) is 0 Å². The first-order chi connectivity index (χ1) is 10.6. The number of carbonyl (C=O) groups is 2. The van der Waals surface area contributed by atoms with Crippen molar-refractivity contribution in [3.63, 3.8) is 0 Å². The summed E-state index contributed by atoms with van der Waals surface area (Å²) in [4.78, 5) is 25.7. The molecule has 22 heavy (non-hydrogen) atoms. The smallest absolute Gasteiger partial charge is 0.317 e. The fraction of sp³-hybridized carbons (Fsp3) is 0.875. The third-order valence-corrected chi connectivity index (χ3v) is 5.99. The zero-order chi connectivity index (χ0) is 15.7. The van der Waals surface area contributed by atoms with E-state index in [0.29, 0.717) is 32.0 Å². The van der Waals surface area contributed by atoms with Gasteiger partial charge >= 0.3 is 12.0 Å². The molecule has 2 amide bonds. The highest BCUT2D eigenvalue weighted by atomic mass is 16.5. The number of nitrogens with zero attached hydrogens (tertiary/aromatic N) is 1. The fourth-order valence-electron chi connectivity index (χ4n) is 4.67. The molecule has 2 aliphatic carbocycles. The van der Waals surface area contributed by atoms with E-state index in [0.717, 1.165) is 32.1 Å². The van der Waals surface area contributed by atoms with Crippen molar-refractivity contribution in [1.82, 2.24) is 10.2 Å². The molecule has 2 unspecified atom stereocenters. The van der Waals surface area contributed by atoms with Crippen LogP contribution in [0.1, 0.15) is 38.5 Å². The van der Waals surface area contributed by atoms with Crippen molar-refractivity contribution >= 4 is 12.0 Å². The van der Waals surface area contributed by atoms with Crippen LogP contribution in [0, 0.1) is 17.3 Å². The number of carboxylic acids is 1. The summed E-state index contributed by atoms with van der Waals surface area (Å²) in [7, 11) is 1.73. The normalized spacial score (nSPS) is 37.3. The van der Waals surface area contributed by atoms with Crippen molar-refractivity contribution in [3.05, 3.63) is 0 Å². The monoisotopic (exact) mass is 310 g/mol. The highest BCUT2D eigenvalue weighted by Crippen LogP contribution is 2.48. The van der Waals surface area contributed by atoms with Crippen LogP contribution in [-0.4, -0.2) is 54.9 Å². The van der Waals surface area contributed by atoms with Gasteiger partial charge in [-0.1, -0.05) is 12.8 Å². The Hall–Kier alpha value is -1.30. The highest BCUT2D eigenvalue weighted by Gasteiger charge is 2.55. The summed E-state index contributed by atoms with van der Waals surface area (Å²) in [5.74, 6) is -0.237. The lowest BCUT2D eigenvalue weighted by atomic mass is 9.81. The standard InChI is InChI=1S/C16H26N2O4/c1-22-13-6-2-4-11(13)8-17-15(21)18-9-12-5-3-7-16(12,10-18)14(19)20/h11-13H,2-10H2,1H3,(H,17,21)(H,19,20)/t11?,12-,13?,16+/m0/s1. The molecule has 0 aromatic carbocycles. The molecule has 3 aliphatic rings. The molecule has 0 radical (unpaired) electrons. The third-order valence-electron chi connectivity index (χ3n) is 5.99. The van der Waals surface area contributed by atoms with Gasteiger partial charge in [-0.3, -0.25) is 4.79 Å². The Morgan fingerprint density at radius 1 is 1.32 bits per heavy atom. The molecule has 124 valence electrons. The number of ether oxygens (including phenoxy) is 1. The quantitative estimate of drug-likeness (QED) is 0.828. The van der Waals surface area contributed by atoms with Gasteiger partial charge in [0.2, 0.25) is 0 Å². The van der Waals surface area contributed by atoms with Crippen LogP contribution in [0.5, 0.6) is 0 Å². The summed E-state index contributed by atoms with van der Waals surface area (Å²) >= 11 is 0. The maximum atomic E-state index is 12.4. The number of rotatable bonds is 4. The van der Waals surface area contributed by atoms with E-state index < -0.39 is 11.4 Å². The van der Waals surface area contributed by atoms with Crippen molar-refractivity contribution < 1.29 is 19.4 Å². The first-order valence-corrected chi connectivity index (χ1v) is 8.36. The zero-order valence-electron chi connectivity index (χ0n) is 13.2. The highest BCUT2D eigenvalue weighted by molar-refractivity contribution is 5.80. The molecule has 3 rings (SSSR count). The lowest BCUT2D eigenvalue weighted by Gasteiger charge is -2.24. The largest absolute Gasteiger partial charge is 0.481 e. The molecule has 1 saturated heterocycles. The number of likely N-dealkylation sites (tertiary alicyclic amines) is 1. The lowest BCUT2D eigenvalue weighted by molar-refractivity contribution is -0.149. The number of amides is 2. The van der Waals surface area contributed by atoms with E-state index in [1.54, 1.807) is 12.0 Å². The molecule has 0 bridgehead atoms. The minimum atomic E-state index is -0.736. The Bertz CT molecular complexity index is 455. The molecule has 0 aromatic heterocycles. The van der Waals surface area contributed by atoms with Crippen molar-refractivity contribution in [3.8, 4) is 0 Å². The van der Waals surface area contributed by atoms with Crippen LogP contribution >= 0.6 is 0 Å². The van der Waals surface area contributed by atoms with Crippen LogP contribution in [-0.2, 0) is 9.53 Å². The van der Waals surface area contributed by atoms with Crippen molar-refractivity contribution in [1.29, 1.82) is 0 Å². The van der Waals surface area contributed by atoms with E-state index >= 15 is 0 Å². The molecule has 4 atom stereocenters. The number of hydrogen-bond acceptors (Lipinski definition) is 3. The third kappa shape index (κ3) is 2.57. The van der Waals surface area contributed by atoms with Crippen LogP contribution in [0.2, 0.25) is 0 Å². The van der Waals surface area contributed by atoms with E-state index in [2.05, 4.69) is 5.32 Å². The number of aliphatic carboxylic acids is 1. The van der Waals surface area contributed by atoms with Gasteiger partial charge in [-0.25, -0.2) is 4.79 Å². The molecule has 2 N–H and O–H groups in total. The first-order valence-electron chi connectivity index (χ1n) is 8.36. The van der Waals surface area contributed by atoms with Gasteiger partial charge in [0.05, 0.1) is 11.5 Å². The summed E-state index contributed by atoms with van der Waals surface area (Å²) in [5.41, 5.74) is -0.695. The minimum Gasteiger partial charge on any atom is -0.481 e. The molecule has 6 heteroatoms. The Balaban J connectivity index is 1.55. The second-order valence-corrected chi connectivity index (χ2v) is 7.08. The molecule has 1 aliphatic heterocycles. The van der Waals surface area contributed by atoms with Crippen LogP contribution < -0.4 is 5.32 Å². The van der Waals surface area contributed by atoms with Gasteiger partial charge in [0.15, 0.2) is 0 Å². The molecule has 0 spiro atoms. The number of methoxy groups -OCH3 is 1. The maximum absolute atomic E-state index is 12.4. The fourth-order valence-corrected chi connectivity index (χ4v) is 4.67. The average molecular weight is 310 g/mol. The number of carbonyl (C=O) groups excluding carboxylic acids is 1. The van der Waals surface area contributed by atoms with Crippen LogP contribution in [0.15, 0.2) is 0 Å². The number of hydrogen-bond donors (Lipinski definition) is 2. The van der Waals surface area contributed by atoms with Gasteiger partial charge in [0.25, 0.3) is 0 Å². The molecule has 0 aromatic rings. The van der Waals surface area contributed by atoms with Gasteiger partial charge in [0.1, 0.15) is 0 Å². The van der Waals surface area contributed by atoms with Crippen LogP contribution in [0.25, 0.3) is 0 Å². The Morgan fingerprint density at radius 2 is 2.14 bits per heavy atom. The van der Waals surface area contributed by atoms with Crippen molar-refractivity contribution in [2.24, 2.45) is 17.3 Å². The molecular weight excluding hydrogens is 284 g/mol. The number of nitrogens with one attached hydrogen (secondary N) is 1. The Morgan fingerprint density at radius 3 is 2.82 bits per heavy atom. The summed E-state index contributed by atoms with van der Waals surface area (Å²) in [5, 5.41) is 12.6. The zero-order valence-corrected chi connectivity index (χ0v) is 13.2. The minimum absolute atomic E-state index is 0.114. The second-order valence-electron chi connectivity index (χ2n) is 7.08. The van der Waals surface area contributed by atoms with E-state index in [1.807, 2.05) is 0 Å². The predicted molar refractivity (Wildman–Crippen MR) is 80.5 cm³/mol. The van der Waals surface area contributed by atoms with Gasteiger partial charge < -0.3 is 20.1 Å². The van der Waals surface area contributed by atoms with Gasteiger partial charge in [-0.2, -0.15) is 0 Å². The van der Waals surface area contributed by atoms with Crippen molar-refractivity contribution in [2.45, 2.75) is 44.6 Å². The van der Waals surface area contributed by atoms with Crippen molar-refractivity contribution in [2.75, 3.05) is 26.7 Å². The summed E-state index contributed by atoms with van der Waals surface area (Å²) in [6.45, 7) is 1.56. The summed E-state index contributed by atoms with van der Waals surface area (Å²) < 4.78 is 5.45. The SMILES string of the molecule is COC1CCCC1CNC(=O)N1C[C@@H]2CCC[C@@]2(C(=O)O)C1. The molecule has 3 fully saturated rings. The van der Waals surface area contributed by atoms with Gasteiger partial charge in [0, 0.05) is 32.7 Å². The molecule has 6 nitrogen and oxygen atoms in total. The molecule has 1 heterocycles. The van der Waals surface area contributed by atoms with E-state index in [4.69, 9.17) is 4.74 Å². The second kappa shape index (κ2) is 6.07. The number of carboxylic acid groups (broad SMARTS) is 1.